The number of aromatic nitrogens is 2. The molecule has 0 aliphatic carbocycles. The SMILES string of the molecule is CNC(C)c1c(C)nn(CCc2ccc(OC)cc2)c1C. The Balaban J connectivity index is 2.09. The molecule has 1 atom stereocenters. The van der Waals surface area contributed by atoms with Crippen LogP contribution >= 0.6 is 0 Å². The summed E-state index contributed by atoms with van der Waals surface area (Å²) in [5, 5.41) is 7.98. The van der Waals surface area contributed by atoms with E-state index in [9.17, 15) is 0 Å². The van der Waals surface area contributed by atoms with Crippen LogP contribution in [0.2, 0.25) is 0 Å². The second-order valence-corrected chi connectivity index (χ2v) is 5.42. The van der Waals surface area contributed by atoms with Gasteiger partial charge in [-0.1, -0.05) is 12.1 Å². The zero-order chi connectivity index (χ0) is 15.4. The van der Waals surface area contributed by atoms with Crippen LogP contribution in [0, 0.1) is 13.8 Å². The molecule has 0 spiro atoms. The van der Waals surface area contributed by atoms with Gasteiger partial charge in [-0.05, 0) is 51.9 Å². The smallest absolute Gasteiger partial charge is 0.118 e. The molecule has 114 valence electrons. The molecule has 1 heterocycles. The summed E-state index contributed by atoms with van der Waals surface area (Å²) in [6.45, 7) is 7.30. The highest BCUT2D eigenvalue weighted by atomic mass is 16.5. The summed E-state index contributed by atoms with van der Waals surface area (Å²) in [7, 11) is 3.67. The first-order chi connectivity index (χ1) is 10.1. The number of nitrogens with zero attached hydrogens (tertiary/aromatic N) is 2. The summed E-state index contributed by atoms with van der Waals surface area (Å²) in [5.41, 5.74) is 4.98. The van der Waals surface area contributed by atoms with Crippen molar-refractivity contribution in [2.75, 3.05) is 14.2 Å². The standard InChI is InChI=1S/C17H25N3O/c1-12(18-4)17-13(2)19-20(14(17)3)11-10-15-6-8-16(21-5)9-7-15/h6-9,12,18H,10-11H2,1-5H3. The van der Waals surface area contributed by atoms with E-state index in [1.54, 1.807) is 7.11 Å². The Bertz CT molecular complexity index is 587. The molecule has 4 nitrogen and oxygen atoms in total. The van der Waals surface area contributed by atoms with Crippen LogP contribution in [-0.4, -0.2) is 23.9 Å². The normalized spacial score (nSPS) is 12.4. The number of hydrogen-bond acceptors (Lipinski definition) is 3. The number of hydrogen-bond donors (Lipinski definition) is 1. The lowest BCUT2D eigenvalue weighted by molar-refractivity contribution is 0.414. The third-order valence-corrected chi connectivity index (χ3v) is 4.07. The Labute approximate surface area is 127 Å². The van der Waals surface area contributed by atoms with Gasteiger partial charge >= 0.3 is 0 Å². The van der Waals surface area contributed by atoms with Gasteiger partial charge < -0.3 is 10.1 Å². The van der Waals surface area contributed by atoms with E-state index in [1.807, 2.05) is 19.2 Å². The lowest BCUT2D eigenvalue weighted by Gasteiger charge is -2.11. The van der Waals surface area contributed by atoms with Gasteiger partial charge in [0, 0.05) is 23.8 Å². The fraction of sp³-hybridized carbons (Fsp3) is 0.471. The molecule has 0 saturated carbocycles. The fourth-order valence-corrected chi connectivity index (χ4v) is 2.73. The summed E-state index contributed by atoms with van der Waals surface area (Å²) >= 11 is 0. The molecule has 0 saturated heterocycles. The van der Waals surface area contributed by atoms with Crippen LogP contribution in [-0.2, 0) is 13.0 Å². The highest BCUT2D eigenvalue weighted by Crippen LogP contribution is 2.21. The predicted molar refractivity (Wildman–Crippen MR) is 85.9 cm³/mol. The van der Waals surface area contributed by atoms with Gasteiger partial charge in [0.15, 0.2) is 0 Å². The molecular formula is C17H25N3O. The highest BCUT2D eigenvalue weighted by Gasteiger charge is 2.15. The van der Waals surface area contributed by atoms with Crippen LogP contribution in [0.15, 0.2) is 24.3 Å². The molecule has 1 aromatic carbocycles. The van der Waals surface area contributed by atoms with Gasteiger partial charge in [0.25, 0.3) is 0 Å². The Morgan fingerprint density at radius 2 is 1.90 bits per heavy atom. The van der Waals surface area contributed by atoms with E-state index >= 15 is 0 Å². The molecular weight excluding hydrogens is 262 g/mol. The van der Waals surface area contributed by atoms with Crippen molar-refractivity contribution in [2.24, 2.45) is 0 Å². The number of rotatable bonds is 6. The maximum Gasteiger partial charge on any atom is 0.118 e. The molecule has 0 fully saturated rings. The molecule has 1 aromatic heterocycles. The lowest BCUT2D eigenvalue weighted by atomic mass is 10.1. The van der Waals surface area contributed by atoms with Crippen LogP contribution in [0.1, 0.15) is 35.5 Å². The van der Waals surface area contributed by atoms with Gasteiger partial charge in [-0.2, -0.15) is 5.10 Å². The van der Waals surface area contributed by atoms with Crippen LogP contribution in [0.25, 0.3) is 0 Å². The van der Waals surface area contributed by atoms with Crippen molar-refractivity contribution in [3.63, 3.8) is 0 Å². The summed E-state index contributed by atoms with van der Waals surface area (Å²) in [6.07, 6.45) is 0.972. The van der Waals surface area contributed by atoms with E-state index in [2.05, 4.69) is 48.0 Å². The van der Waals surface area contributed by atoms with Crippen LogP contribution in [0.4, 0.5) is 0 Å². The first-order valence-electron chi connectivity index (χ1n) is 7.41. The number of aryl methyl sites for hydroxylation is 3. The largest absolute Gasteiger partial charge is 0.497 e. The molecule has 1 N–H and O–H groups in total. The van der Waals surface area contributed by atoms with Gasteiger partial charge in [-0.3, -0.25) is 4.68 Å². The van der Waals surface area contributed by atoms with E-state index in [1.165, 1.54) is 16.8 Å². The topological polar surface area (TPSA) is 39.1 Å². The maximum absolute atomic E-state index is 5.18. The van der Waals surface area contributed by atoms with Gasteiger partial charge in [0.05, 0.1) is 12.8 Å². The highest BCUT2D eigenvalue weighted by molar-refractivity contribution is 5.29. The molecule has 0 aliphatic rings. The zero-order valence-electron chi connectivity index (χ0n) is 13.6. The zero-order valence-corrected chi connectivity index (χ0v) is 13.6. The monoisotopic (exact) mass is 287 g/mol. The second-order valence-electron chi connectivity index (χ2n) is 5.42. The Hall–Kier alpha value is -1.81. The molecule has 0 bridgehead atoms. The Kier molecular flexibility index (Phi) is 5.02. The van der Waals surface area contributed by atoms with Crippen molar-refractivity contribution in [1.82, 2.24) is 15.1 Å². The number of nitrogens with one attached hydrogen (secondary N) is 1. The quantitative estimate of drug-likeness (QED) is 0.887. The fourth-order valence-electron chi connectivity index (χ4n) is 2.73. The molecule has 2 rings (SSSR count). The first kappa shape index (κ1) is 15.6. The Morgan fingerprint density at radius 1 is 1.24 bits per heavy atom. The van der Waals surface area contributed by atoms with Gasteiger partial charge in [0.1, 0.15) is 5.75 Å². The summed E-state index contributed by atoms with van der Waals surface area (Å²) < 4.78 is 7.30. The molecule has 0 amide bonds. The van der Waals surface area contributed by atoms with Gasteiger partial charge in [-0.25, -0.2) is 0 Å². The van der Waals surface area contributed by atoms with Crippen LogP contribution < -0.4 is 10.1 Å². The van der Waals surface area contributed by atoms with Crippen molar-refractivity contribution in [3.8, 4) is 5.75 Å². The van der Waals surface area contributed by atoms with Crippen molar-refractivity contribution in [1.29, 1.82) is 0 Å². The minimum atomic E-state index is 0.333. The summed E-state index contributed by atoms with van der Waals surface area (Å²) in [6, 6.07) is 8.57. The lowest BCUT2D eigenvalue weighted by Crippen LogP contribution is -2.14. The minimum Gasteiger partial charge on any atom is -0.497 e. The molecule has 0 aliphatic heterocycles. The third-order valence-electron chi connectivity index (χ3n) is 4.07. The van der Waals surface area contributed by atoms with E-state index in [0.29, 0.717) is 6.04 Å². The van der Waals surface area contributed by atoms with E-state index in [4.69, 9.17) is 4.74 Å². The van der Waals surface area contributed by atoms with Crippen LogP contribution in [0.5, 0.6) is 5.75 Å². The predicted octanol–water partition coefficient (Wildman–Crippen LogP) is 3.03. The minimum absolute atomic E-state index is 0.333. The average Bonchev–Trinajstić information content (AvgIpc) is 2.79. The van der Waals surface area contributed by atoms with Crippen molar-refractivity contribution >= 4 is 0 Å². The average molecular weight is 287 g/mol. The van der Waals surface area contributed by atoms with E-state index < -0.39 is 0 Å². The number of ether oxygens (including phenoxy) is 1. The molecule has 21 heavy (non-hydrogen) atoms. The molecule has 1 unspecified atom stereocenters. The Morgan fingerprint density at radius 3 is 2.48 bits per heavy atom. The second kappa shape index (κ2) is 6.76. The van der Waals surface area contributed by atoms with Crippen molar-refractivity contribution < 1.29 is 4.74 Å². The third kappa shape index (κ3) is 3.45. The van der Waals surface area contributed by atoms with Gasteiger partial charge in [0.2, 0.25) is 0 Å². The first-order valence-corrected chi connectivity index (χ1v) is 7.41. The van der Waals surface area contributed by atoms with Crippen molar-refractivity contribution in [2.45, 2.75) is 39.8 Å². The molecule has 0 radical (unpaired) electrons. The summed E-state index contributed by atoms with van der Waals surface area (Å²) in [5.74, 6) is 0.898. The molecule has 4 heteroatoms. The van der Waals surface area contributed by atoms with E-state index in [0.717, 1.165) is 24.4 Å². The maximum atomic E-state index is 5.18. The van der Waals surface area contributed by atoms with Crippen molar-refractivity contribution in [3.05, 3.63) is 46.8 Å². The van der Waals surface area contributed by atoms with Crippen LogP contribution in [0.3, 0.4) is 0 Å². The van der Waals surface area contributed by atoms with Gasteiger partial charge in [-0.15, -0.1) is 0 Å². The summed E-state index contributed by atoms with van der Waals surface area (Å²) in [4.78, 5) is 0. The molecule has 2 aromatic rings. The van der Waals surface area contributed by atoms with E-state index in [-0.39, 0.29) is 0 Å². The number of methoxy groups -OCH3 is 1. The number of benzene rings is 1.